The number of carbonyl (C=O) groups excluding carboxylic acids is 5. The number of carbonyl (C=O) groups is 5. The van der Waals surface area contributed by atoms with Crippen LogP contribution in [0.1, 0.15) is 52.9 Å². The summed E-state index contributed by atoms with van der Waals surface area (Å²) in [7, 11) is 0. The molecule has 0 aliphatic heterocycles. The number of aliphatic hydroxyl groups is 1. The number of Topliss-reactive ketones (excluding diaryl/α,β-unsaturated/α-hetero) is 1. The quantitative estimate of drug-likeness (QED) is 0.153. The normalized spacial score (nSPS) is 14.7. The molecule has 172 valence electrons. The topological polar surface area (TPSA) is 191 Å². The van der Waals surface area contributed by atoms with Crippen molar-refractivity contribution in [3.8, 4) is 0 Å². The van der Waals surface area contributed by atoms with E-state index in [1.807, 2.05) is 0 Å². The highest BCUT2D eigenvalue weighted by Gasteiger charge is 2.29. The summed E-state index contributed by atoms with van der Waals surface area (Å²) in [6, 6.07) is -2.34. The zero-order valence-electron chi connectivity index (χ0n) is 17.8. The van der Waals surface area contributed by atoms with Crippen molar-refractivity contribution in [3.63, 3.8) is 0 Å². The lowest BCUT2D eigenvalue weighted by molar-refractivity contribution is -0.160. The fourth-order valence-corrected chi connectivity index (χ4v) is 2.60. The monoisotopic (exact) mass is 430 g/mol. The van der Waals surface area contributed by atoms with Crippen LogP contribution < -0.4 is 22.1 Å². The van der Waals surface area contributed by atoms with E-state index in [2.05, 4.69) is 10.6 Å². The average molecular weight is 431 g/mol. The predicted octanol–water partition coefficient (Wildman–Crippen LogP) is -1.50. The molecule has 0 saturated heterocycles. The number of hydrogen-bond donors (Lipinski definition) is 5. The van der Waals surface area contributed by atoms with Gasteiger partial charge in [0.2, 0.25) is 11.8 Å². The van der Waals surface area contributed by atoms with Crippen LogP contribution in [-0.4, -0.2) is 65.9 Å². The SMILES string of the molecule is CCC(CC(C)=O)C(=O)O[C@@H](C)C(=O)N[C@@H](CO)C(=O)N[C@@H](CCCCN)C(N)=O. The molecule has 0 bridgehead atoms. The second kappa shape index (κ2) is 14.5. The number of unbranched alkanes of at least 4 members (excludes halogenated alkanes) is 1. The molecule has 0 aromatic heterocycles. The lowest BCUT2D eigenvalue weighted by Crippen LogP contribution is -2.55. The molecule has 11 heteroatoms. The van der Waals surface area contributed by atoms with E-state index < -0.39 is 54.4 Å². The van der Waals surface area contributed by atoms with Gasteiger partial charge in [-0.05, 0) is 46.1 Å². The number of rotatable bonds is 15. The highest BCUT2D eigenvalue weighted by Crippen LogP contribution is 2.12. The third-order valence-corrected chi connectivity index (χ3v) is 4.44. The van der Waals surface area contributed by atoms with Gasteiger partial charge in [0.25, 0.3) is 5.91 Å². The first-order valence-corrected chi connectivity index (χ1v) is 9.98. The molecule has 0 saturated carbocycles. The largest absolute Gasteiger partial charge is 0.452 e. The number of ketones is 1. The summed E-state index contributed by atoms with van der Waals surface area (Å²) in [4.78, 5) is 59.4. The summed E-state index contributed by atoms with van der Waals surface area (Å²) in [5, 5.41) is 14.1. The van der Waals surface area contributed by atoms with Crippen molar-refractivity contribution in [1.82, 2.24) is 10.6 Å². The van der Waals surface area contributed by atoms with E-state index >= 15 is 0 Å². The van der Waals surface area contributed by atoms with Gasteiger partial charge in [-0.1, -0.05) is 6.92 Å². The van der Waals surface area contributed by atoms with Gasteiger partial charge in [-0.25, -0.2) is 0 Å². The van der Waals surface area contributed by atoms with Crippen molar-refractivity contribution in [2.75, 3.05) is 13.2 Å². The van der Waals surface area contributed by atoms with Crippen LogP contribution in [0.5, 0.6) is 0 Å². The molecule has 0 aromatic carbocycles. The van der Waals surface area contributed by atoms with Gasteiger partial charge in [0, 0.05) is 6.42 Å². The van der Waals surface area contributed by atoms with Gasteiger partial charge in [-0.2, -0.15) is 0 Å². The molecular weight excluding hydrogens is 396 g/mol. The van der Waals surface area contributed by atoms with Crippen LogP contribution in [0, 0.1) is 5.92 Å². The number of amides is 3. The smallest absolute Gasteiger partial charge is 0.310 e. The van der Waals surface area contributed by atoms with Crippen LogP contribution in [-0.2, 0) is 28.7 Å². The molecule has 3 amide bonds. The molecule has 30 heavy (non-hydrogen) atoms. The summed E-state index contributed by atoms with van der Waals surface area (Å²) >= 11 is 0. The highest BCUT2D eigenvalue weighted by atomic mass is 16.5. The highest BCUT2D eigenvalue weighted by molar-refractivity contribution is 5.93. The molecule has 0 radical (unpaired) electrons. The molecule has 0 aromatic rings. The fraction of sp³-hybridized carbons (Fsp3) is 0.737. The lowest BCUT2D eigenvalue weighted by Gasteiger charge is -2.22. The van der Waals surface area contributed by atoms with E-state index in [9.17, 15) is 29.1 Å². The molecule has 1 unspecified atom stereocenters. The maximum absolute atomic E-state index is 12.3. The van der Waals surface area contributed by atoms with Crippen molar-refractivity contribution >= 4 is 29.5 Å². The summed E-state index contributed by atoms with van der Waals surface area (Å²) < 4.78 is 5.07. The number of primary amides is 1. The van der Waals surface area contributed by atoms with Crippen molar-refractivity contribution < 1.29 is 33.8 Å². The molecule has 0 rings (SSSR count). The van der Waals surface area contributed by atoms with Crippen LogP contribution in [0.15, 0.2) is 0 Å². The van der Waals surface area contributed by atoms with Crippen molar-refractivity contribution in [2.24, 2.45) is 17.4 Å². The summed E-state index contributed by atoms with van der Waals surface area (Å²) in [5.74, 6) is -3.91. The van der Waals surface area contributed by atoms with Gasteiger partial charge in [-0.15, -0.1) is 0 Å². The maximum Gasteiger partial charge on any atom is 0.310 e. The van der Waals surface area contributed by atoms with Gasteiger partial charge in [0.15, 0.2) is 6.10 Å². The Morgan fingerprint density at radius 2 is 1.63 bits per heavy atom. The minimum atomic E-state index is -1.37. The Hall–Kier alpha value is -2.53. The molecule has 11 nitrogen and oxygen atoms in total. The minimum absolute atomic E-state index is 0.00397. The number of aliphatic hydroxyl groups excluding tert-OH is 1. The van der Waals surface area contributed by atoms with E-state index in [0.717, 1.165) is 0 Å². The second-order valence-corrected chi connectivity index (χ2v) is 7.08. The summed E-state index contributed by atoms with van der Waals surface area (Å²) in [6.07, 6.45) is 0.596. The summed E-state index contributed by atoms with van der Waals surface area (Å²) in [6.45, 7) is 4.06. The Kier molecular flexibility index (Phi) is 13.2. The number of nitrogens with two attached hydrogens (primary N) is 2. The van der Waals surface area contributed by atoms with Crippen molar-refractivity contribution in [1.29, 1.82) is 0 Å². The Morgan fingerprint density at radius 3 is 2.10 bits per heavy atom. The lowest BCUT2D eigenvalue weighted by atomic mass is 10.0. The zero-order valence-corrected chi connectivity index (χ0v) is 17.8. The molecule has 0 heterocycles. The van der Waals surface area contributed by atoms with Crippen LogP contribution in [0.2, 0.25) is 0 Å². The van der Waals surface area contributed by atoms with E-state index in [1.165, 1.54) is 13.8 Å². The first-order valence-electron chi connectivity index (χ1n) is 9.98. The Balaban J connectivity index is 4.86. The number of hydrogen-bond acceptors (Lipinski definition) is 8. The molecule has 0 aliphatic rings. The molecule has 0 fully saturated rings. The Labute approximate surface area is 176 Å². The molecular formula is C19H34N4O7. The number of ether oxygens (including phenoxy) is 1. The third kappa shape index (κ3) is 10.3. The molecule has 0 spiro atoms. The number of nitrogens with one attached hydrogen (secondary N) is 2. The zero-order chi connectivity index (χ0) is 23.3. The van der Waals surface area contributed by atoms with E-state index in [-0.39, 0.29) is 18.6 Å². The van der Waals surface area contributed by atoms with Gasteiger partial charge >= 0.3 is 5.97 Å². The third-order valence-electron chi connectivity index (χ3n) is 4.44. The van der Waals surface area contributed by atoms with E-state index in [0.29, 0.717) is 25.8 Å². The first-order chi connectivity index (χ1) is 14.1. The minimum Gasteiger partial charge on any atom is -0.452 e. The van der Waals surface area contributed by atoms with Gasteiger partial charge in [0.1, 0.15) is 17.9 Å². The van der Waals surface area contributed by atoms with Gasteiger partial charge in [0.05, 0.1) is 12.5 Å². The van der Waals surface area contributed by atoms with Crippen molar-refractivity contribution in [2.45, 2.75) is 71.1 Å². The predicted molar refractivity (Wildman–Crippen MR) is 108 cm³/mol. The standard InChI is InChI=1S/C19H34N4O7/c1-4-13(9-11(2)25)19(29)30-12(3)17(27)23-15(10-24)18(28)22-14(16(21)26)7-5-6-8-20/h12-15,24H,4-10,20H2,1-3H3,(H2,21,26)(H,22,28)(H,23,27)/t12-,13?,14-,15-/m0/s1. The Bertz CT molecular complexity index is 612. The fourth-order valence-electron chi connectivity index (χ4n) is 2.60. The summed E-state index contributed by atoms with van der Waals surface area (Å²) in [5.41, 5.74) is 10.7. The Morgan fingerprint density at radius 1 is 1.03 bits per heavy atom. The van der Waals surface area contributed by atoms with Crippen LogP contribution in [0.4, 0.5) is 0 Å². The van der Waals surface area contributed by atoms with Crippen molar-refractivity contribution in [3.05, 3.63) is 0 Å². The van der Waals surface area contributed by atoms with Gasteiger partial charge in [-0.3, -0.25) is 19.2 Å². The maximum atomic E-state index is 12.3. The molecule has 0 aliphatic carbocycles. The number of esters is 1. The molecule has 4 atom stereocenters. The van der Waals surface area contributed by atoms with E-state index in [4.69, 9.17) is 16.2 Å². The van der Waals surface area contributed by atoms with Gasteiger partial charge < -0.3 is 36.7 Å². The average Bonchev–Trinajstić information content (AvgIpc) is 2.68. The van der Waals surface area contributed by atoms with E-state index in [1.54, 1.807) is 6.92 Å². The van der Waals surface area contributed by atoms with Crippen LogP contribution in [0.3, 0.4) is 0 Å². The van der Waals surface area contributed by atoms with Crippen LogP contribution in [0.25, 0.3) is 0 Å². The van der Waals surface area contributed by atoms with Crippen LogP contribution >= 0.6 is 0 Å². The molecule has 7 N–H and O–H groups in total. The first kappa shape index (κ1) is 27.5. The second-order valence-electron chi connectivity index (χ2n) is 7.08.